The van der Waals surface area contributed by atoms with E-state index >= 15 is 0 Å². The van der Waals surface area contributed by atoms with E-state index < -0.39 is 10.0 Å². The van der Waals surface area contributed by atoms with E-state index in [2.05, 4.69) is 69.6 Å². The van der Waals surface area contributed by atoms with Gasteiger partial charge < -0.3 is 10.1 Å². The summed E-state index contributed by atoms with van der Waals surface area (Å²) in [7, 11) is -2.17. The van der Waals surface area contributed by atoms with Gasteiger partial charge in [-0.25, -0.2) is 13.1 Å². The summed E-state index contributed by atoms with van der Waals surface area (Å²) in [6.45, 7) is 8.87. The Morgan fingerprint density at radius 3 is 2.36 bits per heavy atom. The van der Waals surface area contributed by atoms with Crippen molar-refractivity contribution in [1.82, 2.24) is 10.0 Å². The maximum atomic E-state index is 12.9. The Balaban J connectivity index is 3.05. The molecule has 0 bridgehead atoms. The van der Waals surface area contributed by atoms with Gasteiger partial charge >= 0.3 is 0 Å². The van der Waals surface area contributed by atoms with E-state index in [4.69, 9.17) is 4.74 Å². The van der Waals surface area contributed by atoms with E-state index in [0.29, 0.717) is 21.2 Å². The molecule has 1 aromatic rings. The molecule has 0 unspecified atom stereocenters. The molecular weight excluding hydrogens is 472 g/mol. The van der Waals surface area contributed by atoms with Gasteiger partial charge in [-0.1, -0.05) is 19.8 Å². The van der Waals surface area contributed by atoms with E-state index in [9.17, 15) is 8.42 Å². The third kappa shape index (κ3) is 7.54. The van der Waals surface area contributed by atoms with Gasteiger partial charge in [-0.05, 0) is 65.1 Å². The molecule has 1 rings (SSSR count). The SMILES string of the molecule is CCCC[C@H](CNC(C)(C)C)NS(=O)(=O)c1cc(OC)c(Br)cc1Br. The normalized spacial score (nSPS) is 13.7. The van der Waals surface area contributed by atoms with Gasteiger partial charge in [0, 0.05) is 28.7 Å². The van der Waals surface area contributed by atoms with Gasteiger partial charge in [0.1, 0.15) is 5.75 Å². The summed E-state index contributed by atoms with van der Waals surface area (Å²) in [5, 5.41) is 3.38. The second-order valence-electron chi connectivity index (χ2n) is 7.01. The number of rotatable bonds is 9. The minimum Gasteiger partial charge on any atom is -0.496 e. The van der Waals surface area contributed by atoms with Crippen molar-refractivity contribution in [3.05, 3.63) is 21.1 Å². The van der Waals surface area contributed by atoms with Gasteiger partial charge in [-0.3, -0.25) is 0 Å². The molecule has 0 aliphatic heterocycles. The van der Waals surface area contributed by atoms with Crippen LogP contribution in [0.25, 0.3) is 0 Å². The van der Waals surface area contributed by atoms with Crippen LogP contribution in [0.2, 0.25) is 0 Å². The van der Waals surface area contributed by atoms with Crippen molar-refractivity contribution in [3.63, 3.8) is 0 Å². The largest absolute Gasteiger partial charge is 0.496 e. The second-order valence-corrected chi connectivity index (χ2v) is 10.4. The summed E-state index contributed by atoms with van der Waals surface area (Å²) in [5.41, 5.74) is -0.0721. The van der Waals surface area contributed by atoms with Gasteiger partial charge in [0.25, 0.3) is 0 Å². The molecule has 0 amide bonds. The Morgan fingerprint density at radius 1 is 1.20 bits per heavy atom. The molecule has 0 aliphatic rings. The van der Waals surface area contributed by atoms with Crippen molar-refractivity contribution < 1.29 is 13.2 Å². The number of ether oxygens (including phenoxy) is 1. The van der Waals surface area contributed by atoms with E-state index in [1.807, 2.05) is 0 Å². The molecule has 0 heterocycles. The molecule has 0 radical (unpaired) electrons. The average Bonchev–Trinajstić information content (AvgIpc) is 2.49. The number of hydrogen-bond acceptors (Lipinski definition) is 4. The van der Waals surface area contributed by atoms with Gasteiger partial charge in [0.05, 0.1) is 16.5 Å². The molecule has 0 fully saturated rings. The highest BCUT2D eigenvalue weighted by Gasteiger charge is 2.24. The fraction of sp³-hybridized carbons (Fsp3) is 0.647. The lowest BCUT2D eigenvalue weighted by Crippen LogP contribution is -2.47. The number of methoxy groups -OCH3 is 1. The fourth-order valence-corrected chi connectivity index (χ4v) is 5.38. The van der Waals surface area contributed by atoms with Crippen LogP contribution in [0, 0.1) is 0 Å². The Bertz CT molecular complexity index is 673. The van der Waals surface area contributed by atoms with E-state index in [-0.39, 0.29) is 16.5 Å². The number of halogens is 2. The Morgan fingerprint density at radius 2 is 1.84 bits per heavy atom. The van der Waals surface area contributed by atoms with Gasteiger partial charge in [-0.15, -0.1) is 0 Å². The van der Waals surface area contributed by atoms with Crippen LogP contribution in [0.5, 0.6) is 5.75 Å². The number of unbranched alkanes of at least 4 members (excludes halogenated alkanes) is 1. The lowest BCUT2D eigenvalue weighted by atomic mass is 10.1. The molecule has 0 saturated heterocycles. The van der Waals surface area contributed by atoms with E-state index in [0.717, 1.165) is 19.3 Å². The highest BCUT2D eigenvalue weighted by molar-refractivity contribution is 9.11. The van der Waals surface area contributed by atoms with Crippen LogP contribution in [0.3, 0.4) is 0 Å². The highest BCUT2D eigenvalue weighted by atomic mass is 79.9. The molecule has 1 atom stereocenters. The molecule has 1 aromatic carbocycles. The minimum absolute atomic E-state index is 0.0721. The van der Waals surface area contributed by atoms with E-state index in [1.54, 1.807) is 6.07 Å². The summed E-state index contributed by atoms with van der Waals surface area (Å²) in [5.74, 6) is 0.474. The fourth-order valence-electron chi connectivity index (χ4n) is 2.24. The average molecular weight is 500 g/mol. The van der Waals surface area contributed by atoms with Crippen LogP contribution in [0.1, 0.15) is 47.0 Å². The maximum Gasteiger partial charge on any atom is 0.242 e. The first-order chi connectivity index (χ1) is 11.5. The predicted octanol–water partition coefficient (Wildman–Crippen LogP) is 4.45. The molecule has 2 N–H and O–H groups in total. The Labute approximate surface area is 168 Å². The number of nitrogens with one attached hydrogen (secondary N) is 2. The topological polar surface area (TPSA) is 67.4 Å². The molecule has 25 heavy (non-hydrogen) atoms. The number of sulfonamides is 1. The molecular formula is C17H28Br2N2O3S. The minimum atomic E-state index is -3.68. The van der Waals surface area contributed by atoms with Crippen molar-refractivity contribution in [2.75, 3.05) is 13.7 Å². The highest BCUT2D eigenvalue weighted by Crippen LogP contribution is 2.33. The zero-order chi connectivity index (χ0) is 19.3. The van der Waals surface area contributed by atoms with Crippen LogP contribution < -0.4 is 14.8 Å². The molecule has 144 valence electrons. The molecule has 0 saturated carbocycles. The second kappa shape index (κ2) is 9.69. The Kier molecular flexibility index (Phi) is 8.87. The maximum absolute atomic E-state index is 12.9. The molecule has 0 spiro atoms. The lowest BCUT2D eigenvalue weighted by molar-refractivity contribution is 0.383. The first kappa shape index (κ1) is 22.9. The predicted molar refractivity (Wildman–Crippen MR) is 110 cm³/mol. The van der Waals surface area contributed by atoms with Crippen molar-refractivity contribution in [2.45, 2.75) is 63.4 Å². The molecule has 0 aromatic heterocycles. The molecule has 0 aliphatic carbocycles. The van der Waals surface area contributed by atoms with Crippen molar-refractivity contribution in [3.8, 4) is 5.75 Å². The summed E-state index contributed by atoms with van der Waals surface area (Å²) in [6, 6.07) is 3.03. The van der Waals surface area contributed by atoms with Crippen molar-refractivity contribution in [2.24, 2.45) is 0 Å². The summed E-state index contributed by atoms with van der Waals surface area (Å²) >= 11 is 6.70. The lowest BCUT2D eigenvalue weighted by Gasteiger charge is -2.26. The van der Waals surface area contributed by atoms with Gasteiger partial charge in [0.2, 0.25) is 10.0 Å². The summed E-state index contributed by atoms with van der Waals surface area (Å²) in [4.78, 5) is 0.171. The van der Waals surface area contributed by atoms with Gasteiger partial charge in [0.15, 0.2) is 0 Å². The third-order valence-electron chi connectivity index (χ3n) is 3.60. The van der Waals surface area contributed by atoms with Crippen LogP contribution in [0.4, 0.5) is 0 Å². The Hall–Kier alpha value is -0.150. The smallest absolute Gasteiger partial charge is 0.242 e. The molecule has 8 heteroatoms. The quantitative estimate of drug-likeness (QED) is 0.526. The number of hydrogen-bond donors (Lipinski definition) is 2. The van der Waals surface area contributed by atoms with Crippen molar-refractivity contribution >= 4 is 41.9 Å². The zero-order valence-electron chi connectivity index (χ0n) is 15.4. The standard InChI is InChI=1S/C17H28Br2N2O3S/c1-6-7-8-12(11-20-17(2,3)4)21-25(22,23)16-10-15(24-5)13(18)9-14(16)19/h9-10,12,20-21H,6-8,11H2,1-5H3/t12-/m1/s1. The first-order valence-corrected chi connectivity index (χ1v) is 11.4. The third-order valence-corrected chi connectivity index (χ3v) is 6.70. The van der Waals surface area contributed by atoms with Crippen molar-refractivity contribution in [1.29, 1.82) is 0 Å². The molecule has 5 nitrogen and oxygen atoms in total. The zero-order valence-corrected chi connectivity index (χ0v) is 19.4. The van der Waals surface area contributed by atoms with Crippen LogP contribution in [-0.2, 0) is 10.0 Å². The number of benzene rings is 1. The monoisotopic (exact) mass is 498 g/mol. The van der Waals surface area contributed by atoms with Crippen LogP contribution in [-0.4, -0.2) is 33.7 Å². The van der Waals surface area contributed by atoms with Crippen LogP contribution in [0.15, 0.2) is 26.0 Å². The first-order valence-electron chi connectivity index (χ1n) is 8.30. The summed E-state index contributed by atoms with van der Waals surface area (Å²) in [6.07, 6.45) is 2.76. The van der Waals surface area contributed by atoms with Crippen LogP contribution >= 0.6 is 31.9 Å². The summed E-state index contributed by atoms with van der Waals surface area (Å²) < 4.78 is 35.0. The van der Waals surface area contributed by atoms with Gasteiger partial charge in [-0.2, -0.15) is 0 Å². The van der Waals surface area contributed by atoms with E-state index in [1.165, 1.54) is 13.2 Å².